The third-order valence-electron chi connectivity index (χ3n) is 4.72. The predicted octanol–water partition coefficient (Wildman–Crippen LogP) is 3.93. The second-order valence-electron chi connectivity index (χ2n) is 6.51. The van der Waals surface area contributed by atoms with Gasteiger partial charge in [0.05, 0.1) is 37.5 Å². The number of nitrogens with one attached hydrogen (secondary N) is 1. The number of fused-ring (bicyclic) bond motifs is 1. The standard InChI is InChI=1S/C21H23N3O5S/c1-7-16-22-11(3)17-10(2)18(30-20(17)24-16)19(25)23-13-9-15(28-5)14(27-4)8-12(13)21(26)29-6/h8-9H,7H2,1-6H3,(H,23,25). The third-order valence-corrected chi connectivity index (χ3v) is 5.90. The molecule has 8 nitrogen and oxygen atoms in total. The molecule has 0 radical (unpaired) electrons. The van der Waals surface area contributed by atoms with Crippen LogP contribution in [0, 0.1) is 13.8 Å². The molecule has 9 heteroatoms. The zero-order valence-electron chi connectivity index (χ0n) is 17.7. The Labute approximate surface area is 178 Å². The second-order valence-corrected chi connectivity index (χ2v) is 7.51. The minimum absolute atomic E-state index is 0.159. The normalized spacial score (nSPS) is 10.7. The molecule has 0 bridgehead atoms. The van der Waals surface area contributed by atoms with Crippen LogP contribution in [0.2, 0.25) is 0 Å². The number of nitrogens with zero attached hydrogens (tertiary/aromatic N) is 2. The maximum absolute atomic E-state index is 13.1. The molecule has 0 aliphatic rings. The van der Waals surface area contributed by atoms with Crippen molar-refractivity contribution in [3.05, 3.63) is 39.7 Å². The van der Waals surface area contributed by atoms with E-state index in [-0.39, 0.29) is 17.2 Å². The fourth-order valence-corrected chi connectivity index (χ4v) is 4.36. The average Bonchev–Trinajstić information content (AvgIpc) is 3.09. The zero-order valence-corrected chi connectivity index (χ0v) is 18.5. The first kappa shape index (κ1) is 21.5. The number of methoxy groups -OCH3 is 3. The lowest BCUT2D eigenvalue weighted by Gasteiger charge is -2.14. The summed E-state index contributed by atoms with van der Waals surface area (Å²) in [4.78, 5) is 35.7. The summed E-state index contributed by atoms with van der Waals surface area (Å²) in [5.74, 6) is 0.509. The van der Waals surface area contributed by atoms with Gasteiger partial charge in [0, 0.05) is 29.6 Å². The molecule has 30 heavy (non-hydrogen) atoms. The first-order chi connectivity index (χ1) is 14.3. The number of ether oxygens (including phenoxy) is 3. The SMILES string of the molecule is CCc1nc(C)c2c(C)c(C(=O)Nc3cc(OC)c(OC)cc3C(=O)OC)sc2n1. The van der Waals surface area contributed by atoms with E-state index in [1.54, 1.807) is 0 Å². The molecule has 2 aromatic heterocycles. The molecular weight excluding hydrogens is 406 g/mol. The van der Waals surface area contributed by atoms with Crippen LogP contribution in [0.15, 0.2) is 12.1 Å². The summed E-state index contributed by atoms with van der Waals surface area (Å²) in [5, 5.41) is 3.68. The highest BCUT2D eigenvalue weighted by Gasteiger charge is 2.23. The Hall–Kier alpha value is -3.20. The van der Waals surface area contributed by atoms with Gasteiger partial charge in [-0.2, -0.15) is 0 Å². The number of carbonyl (C=O) groups excluding carboxylic acids is 2. The minimum Gasteiger partial charge on any atom is -0.493 e. The van der Waals surface area contributed by atoms with Crippen LogP contribution in [0.1, 0.15) is 44.0 Å². The highest BCUT2D eigenvalue weighted by atomic mass is 32.1. The summed E-state index contributed by atoms with van der Waals surface area (Å²) in [5.41, 5.74) is 2.06. The molecule has 0 aliphatic heterocycles. The van der Waals surface area contributed by atoms with Gasteiger partial charge in [0.15, 0.2) is 11.5 Å². The molecule has 1 amide bonds. The van der Waals surface area contributed by atoms with Gasteiger partial charge in [-0.3, -0.25) is 4.79 Å². The van der Waals surface area contributed by atoms with E-state index in [0.717, 1.165) is 27.3 Å². The summed E-state index contributed by atoms with van der Waals surface area (Å²) in [7, 11) is 4.21. The molecule has 0 saturated carbocycles. The molecule has 3 aromatic rings. The number of thiophene rings is 1. The van der Waals surface area contributed by atoms with E-state index < -0.39 is 5.97 Å². The maximum atomic E-state index is 13.1. The molecular formula is C21H23N3O5S. The van der Waals surface area contributed by atoms with E-state index in [0.29, 0.717) is 22.8 Å². The van der Waals surface area contributed by atoms with Gasteiger partial charge in [-0.15, -0.1) is 11.3 Å². The quantitative estimate of drug-likeness (QED) is 0.593. The Balaban J connectivity index is 2.06. The van der Waals surface area contributed by atoms with Crippen molar-refractivity contribution in [1.29, 1.82) is 0 Å². The highest BCUT2D eigenvalue weighted by molar-refractivity contribution is 7.20. The summed E-state index contributed by atoms with van der Waals surface area (Å²) in [6.07, 6.45) is 0.712. The van der Waals surface area contributed by atoms with Crippen LogP contribution < -0.4 is 14.8 Å². The van der Waals surface area contributed by atoms with Gasteiger partial charge >= 0.3 is 5.97 Å². The summed E-state index contributed by atoms with van der Waals surface area (Å²) >= 11 is 1.30. The van der Waals surface area contributed by atoms with Crippen LogP contribution in [0.4, 0.5) is 5.69 Å². The van der Waals surface area contributed by atoms with Gasteiger partial charge < -0.3 is 19.5 Å². The molecule has 1 aromatic carbocycles. The molecule has 3 rings (SSSR count). The fourth-order valence-electron chi connectivity index (χ4n) is 3.21. The first-order valence-corrected chi connectivity index (χ1v) is 10.1. The number of benzene rings is 1. The number of esters is 1. The van der Waals surface area contributed by atoms with Gasteiger partial charge in [0.25, 0.3) is 5.91 Å². The number of amides is 1. The molecule has 0 saturated heterocycles. The molecule has 0 atom stereocenters. The van der Waals surface area contributed by atoms with Gasteiger partial charge in [-0.05, 0) is 19.4 Å². The number of aryl methyl sites for hydroxylation is 3. The van der Waals surface area contributed by atoms with Crippen LogP contribution >= 0.6 is 11.3 Å². The van der Waals surface area contributed by atoms with Crippen LogP contribution in [0.3, 0.4) is 0 Å². The van der Waals surface area contributed by atoms with E-state index in [4.69, 9.17) is 14.2 Å². The molecule has 0 fully saturated rings. The lowest BCUT2D eigenvalue weighted by atomic mass is 10.1. The van der Waals surface area contributed by atoms with Crippen LogP contribution in [-0.4, -0.2) is 43.2 Å². The topological polar surface area (TPSA) is 99.6 Å². The van der Waals surface area contributed by atoms with Gasteiger partial charge in [0.1, 0.15) is 10.7 Å². The van der Waals surface area contributed by atoms with E-state index in [1.807, 2.05) is 20.8 Å². The number of rotatable bonds is 6. The Morgan fingerprint density at radius 3 is 2.33 bits per heavy atom. The first-order valence-electron chi connectivity index (χ1n) is 9.26. The molecule has 2 heterocycles. The largest absolute Gasteiger partial charge is 0.493 e. The lowest BCUT2D eigenvalue weighted by Crippen LogP contribution is -2.15. The minimum atomic E-state index is -0.603. The van der Waals surface area contributed by atoms with Gasteiger partial charge in [-0.25, -0.2) is 14.8 Å². The van der Waals surface area contributed by atoms with E-state index in [1.165, 1.54) is 44.8 Å². The van der Waals surface area contributed by atoms with Crippen molar-refractivity contribution in [2.45, 2.75) is 27.2 Å². The Kier molecular flexibility index (Phi) is 6.21. The highest BCUT2D eigenvalue weighted by Crippen LogP contribution is 2.36. The number of anilines is 1. The number of carbonyl (C=O) groups is 2. The smallest absolute Gasteiger partial charge is 0.340 e. The zero-order chi connectivity index (χ0) is 22.0. The molecule has 0 unspecified atom stereocenters. The second kappa shape index (κ2) is 8.66. The predicted molar refractivity (Wildman–Crippen MR) is 115 cm³/mol. The van der Waals surface area contributed by atoms with E-state index in [9.17, 15) is 9.59 Å². The molecule has 158 valence electrons. The monoisotopic (exact) mass is 429 g/mol. The van der Waals surface area contributed by atoms with Crippen molar-refractivity contribution in [3.63, 3.8) is 0 Å². The summed E-state index contributed by atoms with van der Waals surface area (Å²) in [6, 6.07) is 3.01. The average molecular weight is 429 g/mol. The van der Waals surface area contributed by atoms with Crippen molar-refractivity contribution in [1.82, 2.24) is 9.97 Å². The van der Waals surface area contributed by atoms with E-state index in [2.05, 4.69) is 15.3 Å². The van der Waals surface area contributed by atoms with Gasteiger partial charge in [0.2, 0.25) is 0 Å². The Morgan fingerprint density at radius 1 is 1.07 bits per heavy atom. The summed E-state index contributed by atoms with van der Waals surface area (Å²) in [6.45, 7) is 5.76. The number of hydrogen-bond donors (Lipinski definition) is 1. The van der Waals surface area contributed by atoms with Crippen molar-refractivity contribution in [2.24, 2.45) is 0 Å². The van der Waals surface area contributed by atoms with Gasteiger partial charge in [-0.1, -0.05) is 6.92 Å². The molecule has 1 N–H and O–H groups in total. The molecule has 0 aliphatic carbocycles. The van der Waals surface area contributed by atoms with Crippen LogP contribution in [0.5, 0.6) is 11.5 Å². The maximum Gasteiger partial charge on any atom is 0.340 e. The van der Waals surface area contributed by atoms with E-state index >= 15 is 0 Å². The Bertz CT molecular complexity index is 1140. The Morgan fingerprint density at radius 2 is 1.73 bits per heavy atom. The van der Waals surface area contributed by atoms with Crippen LogP contribution in [-0.2, 0) is 11.2 Å². The van der Waals surface area contributed by atoms with Crippen molar-refractivity contribution in [3.8, 4) is 11.5 Å². The number of hydrogen-bond acceptors (Lipinski definition) is 8. The van der Waals surface area contributed by atoms with Crippen molar-refractivity contribution in [2.75, 3.05) is 26.6 Å². The lowest BCUT2D eigenvalue weighted by molar-refractivity contribution is 0.0601. The summed E-state index contributed by atoms with van der Waals surface area (Å²) < 4.78 is 15.4. The fraction of sp³-hybridized carbons (Fsp3) is 0.333. The van der Waals surface area contributed by atoms with Crippen LogP contribution in [0.25, 0.3) is 10.2 Å². The third kappa shape index (κ3) is 3.80. The van der Waals surface area contributed by atoms with Crippen molar-refractivity contribution < 1.29 is 23.8 Å². The number of aromatic nitrogens is 2. The molecule has 0 spiro atoms. The van der Waals surface area contributed by atoms with Crippen molar-refractivity contribution >= 4 is 39.1 Å².